The summed E-state index contributed by atoms with van der Waals surface area (Å²) in [5, 5.41) is 0. The van der Waals surface area contributed by atoms with Crippen LogP contribution in [-0.4, -0.2) is 28.8 Å². The molecule has 0 saturated heterocycles. The van der Waals surface area contributed by atoms with E-state index in [0.29, 0.717) is 29.5 Å². The van der Waals surface area contributed by atoms with Crippen molar-refractivity contribution in [2.75, 3.05) is 14.2 Å². The van der Waals surface area contributed by atoms with E-state index in [-0.39, 0.29) is 0 Å². The largest absolute Gasteiger partial charge is 0.493 e. The standard InChI is InChI=1S/C20H21N3O2S/c1-24-17-8-7-14(11-18(17)25-2)12-19-22-9-10-23(19)13-15-5-3-4-6-16(15)20(21)26/h3-11H,12-13H2,1-2H3,(H2,21,26). The maximum absolute atomic E-state index is 5.85. The highest BCUT2D eigenvalue weighted by molar-refractivity contribution is 7.80. The van der Waals surface area contributed by atoms with Crippen LogP contribution in [0.25, 0.3) is 0 Å². The molecule has 0 fully saturated rings. The Labute approximate surface area is 158 Å². The van der Waals surface area contributed by atoms with Gasteiger partial charge in [0, 0.05) is 30.9 Å². The van der Waals surface area contributed by atoms with E-state index in [9.17, 15) is 0 Å². The summed E-state index contributed by atoms with van der Waals surface area (Å²) in [4.78, 5) is 4.91. The SMILES string of the molecule is COc1ccc(Cc2nccn2Cc2ccccc2C(N)=S)cc1OC. The Kier molecular flexibility index (Phi) is 5.53. The molecule has 0 spiro atoms. The zero-order valence-corrected chi connectivity index (χ0v) is 15.6. The molecule has 2 N–H and O–H groups in total. The van der Waals surface area contributed by atoms with Crippen LogP contribution in [0.5, 0.6) is 11.5 Å². The van der Waals surface area contributed by atoms with Crippen LogP contribution in [0.1, 0.15) is 22.5 Å². The second kappa shape index (κ2) is 8.01. The molecule has 6 heteroatoms. The molecule has 1 heterocycles. The highest BCUT2D eigenvalue weighted by Gasteiger charge is 2.11. The molecule has 0 aliphatic carbocycles. The number of hydrogen-bond acceptors (Lipinski definition) is 4. The van der Waals surface area contributed by atoms with E-state index in [4.69, 9.17) is 27.4 Å². The summed E-state index contributed by atoms with van der Waals surface area (Å²) in [6, 6.07) is 13.8. The molecule has 0 unspecified atom stereocenters. The molecule has 0 atom stereocenters. The summed E-state index contributed by atoms with van der Waals surface area (Å²) >= 11 is 5.16. The Balaban J connectivity index is 1.85. The first-order valence-corrected chi connectivity index (χ1v) is 8.62. The summed E-state index contributed by atoms with van der Waals surface area (Å²) in [6.07, 6.45) is 4.45. The Hall–Kier alpha value is -2.86. The monoisotopic (exact) mass is 367 g/mol. The molecule has 26 heavy (non-hydrogen) atoms. The van der Waals surface area contributed by atoms with Crippen LogP contribution in [0, 0.1) is 0 Å². The summed E-state index contributed by atoms with van der Waals surface area (Å²) < 4.78 is 12.8. The van der Waals surface area contributed by atoms with Gasteiger partial charge in [0.1, 0.15) is 10.8 Å². The predicted molar refractivity (Wildman–Crippen MR) is 106 cm³/mol. The van der Waals surface area contributed by atoms with Gasteiger partial charge in [-0.25, -0.2) is 4.98 Å². The van der Waals surface area contributed by atoms with Gasteiger partial charge in [0.15, 0.2) is 11.5 Å². The first-order chi connectivity index (χ1) is 12.6. The van der Waals surface area contributed by atoms with Crippen molar-refractivity contribution in [1.29, 1.82) is 0 Å². The molecule has 0 bridgehead atoms. The third-order valence-corrected chi connectivity index (χ3v) is 4.46. The van der Waals surface area contributed by atoms with Gasteiger partial charge in [-0.05, 0) is 23.3 Å². The number of ether oxygens (including phenoxy) is 2. The number of benzene rings is 2. The van der Waals surface area contributed by atoms with Crippen molar-refractivity contribution in [3.8, 4) is 11.5 Å². The fourth-order valence-electron chi connectivity index (χ4n) is 2.91. The van der Waals surface area contributed by atoms with Gasteiger partial charge < -0.3 is 19.8 Å². The van der Waals surface area contributed by atoms with E-state index < -0.39 is 0 Å². The molecule has 3 rings (SSSR count). The molecule has 2 aromatic carbocycles. The number of thiocarbonyl (C=S) groups is 1. The average molecular weight is 367 g/mol. The van der Waals surface area contributed by atoms with Crippen molar-refractivity contribution in [3.05, 3.63) is 77.4 Å². The van der Waals surface area contributed by atoms with Gasteiger partial charge in [-0.15, -0.1) is 0 Å². The van der Waals surface area contributed by atoms with Crippen LogP contribution in [-0.2, 0) is 13.0 Å². The topological polar surface area (TPSA) is 62.3 Å². The molecular formula is C20H21N3O2S. The van der Waals surface area contributed by atoms with Gasteiger partial charge in [0.05, 0.1) is 14.2 Å². The van der Waals surface area contributed by atoms with Gasteiger partial charge in [-0.3, -0.25) is 0 Å². The van der Waals surface area contributed by atoms with Gasteiger partial charge in [-0.1, -0.05) is 42.5 Å². The number of aromatic nitrogens is 2. The maximum Gasteiger partial charge on any atom is 0.161 e. The quantitative estimate of drug-likeness (QED) is 0.650. The molecule has 3 aromatic rings. The summed E-state index contributed by atoms with van der Waals surface area (Å²) in [7, 11) is 3.26. The zero-order valence-electron chi connectivity index (χ0n) is 14.8. The van der Waals surface area contributed by atoms with Crippen molar-refractivity contribution < 1.29 is 9.47 Å². The first kappa shape index (κ1) is 17.9. The van der Waals surface area contributed by atoms with E-state index in [1.54, 1.807) is 20.4 Å². The third kappa shape index (κ3) is 3.86. The molecule has 5 nitrogen and oxygen atoms in total. The molecule has 0 amide bonds. The minimum absolute atomic E-state index is 0.405. The molecule has 134 valence electrons. The number of imidazole rings is 1. The smallest absolute Gasteiger partial charge is 0.161 e. The van der Waals surface area contributed by atoms with Crippen molar-refractivity contribution in [2.24, 2.45) is 5.73 Å². The summed E-state index contributed by atoms with van der Waals surface area (Å²) in [6.45, 7) is 0.663. The van der Waals surface area contributed by atoms with Crippen molar-refractivity contribution in [2.45, 2.75) is 13.0 Å². The lowest BCUT2D eigenvalue weighted by molar-refractivity contribution is 0.354. The fraction of sp³-hybridized carbons (Fsp3) is 0.200. The Bertz CT molecular complexity index is 921. The van der Waals surface area contributed by atoms with Crippen LogP contribution in [0.4, 0.5) is 0 Å². The van der Waals surface area contributed by atoms with E-state index in [1.807, 2.05) is 48.7 Å². The number of hydrogen-bond donors (Lipinski definition) is 1. The highest BCUT2D eigenvalue weighted by atomic mass is 32.1. The Morgan fingerprint density at radius 3 is 2.62 bits per heavy atom. The molecule has 1 aromatic heterocycles. The van der Waals surface area contributed by atoms with Crippen molar-refractivity contribution in [3.63, 3.8) is 0 Å². The third-order valence-electron chi connectivity index (χ3n) is 4.24. The highest BCUT2D eigenvalue weighted by Crippen LogP contribution is 2.28. The average Bonchev–Trinajstić information content (AvgIpc) is 3.08. The first-order valence-electron chi connectivity index (χ1n) is 8.21. The van der Waals surface area contributed by atoms with Crippen LogP contribution in [0.15, 0.2) is 54.9 Å². The van der Waals surface area contributed by atoms with Gasteiger partial charge in [-0.2, -0.15) is 0 Å². The van der Waals surface area contributed by atoms with Gasteiger partial charge in [0.25, 0.3) is 0 Å². The molecule has 0 saturated carbocycles. The number of rotatable bonds is 7. The predicted octanol–water partition coefficient (Wildman–Crippen LogP) is 3.17. The lowest BCUT2D eigenvalue weighted by atomic mass is 10.1. The normalized spacial score (nSPS) is 10.5. The lowest BCUT2D eigenvalue weighted by Gasteiger charge is -2.13. The second-order valence-corrected chi connectivity index (χ2v) is 6.30. The fourth-order valence-corrected chi connectivity index (χ4v) is 3.11. The van der Waals surface area contributed by atoms with E-state index in [1.165, 1.54) is 0 Å². The summed E-state index contributed by atoms with van der Waals surface area (Å²) in [5.74, 6) is 2.38. The number of nitrogens with zero attached hydrogens (tertiary/aromatic N) is 2. The van der Waals surface area contributed by atoms with E-state index in [0.717, 1.165) is 22.5 Å². The Morgan fingerprint density at radius 2 is 1.88 bits per heavy atom. The van der Waals surface area contributed by atoms with Crippen LogP contribution in [0.2, 0.25) is 0 Å². The number of methoxy groups -OCH3 is 2. The van der Waals surface area contributed by atoms with Crippen LogP contribution >= 0.6 is 12.2 Å². The molecule has 0 radical (unpaired) electrons. The number of nitrogens with two attached hydrogens (primary N) is 1. The van der Waals surface area contributed by atoms with Crippen LogP contribution < -0.4 is 15.2 Å². The van der Waals surface area contributed by atoms with Crippen molar-refractivity contribution in [1.82, 2.24) is 9.55 Å². The lowest BCUT2D eigenvalue weighted by Crippen LogP contribution is -2.14. The molecule has 0 aliphatic rings. The van der Waals surface area contributed by atoms with Gasteiger partial charge in [0.2, 0.25) is 0 Å². The maximum atomic E-state index is 5.85. The van der Waals surface area contributed by atoms with Crippen LogP contribution in [0.3, 0.4) is 0 Å². The Morgan fingerprint density at radius 1 is 1.12 bits per heavy atom. The molecule has 0 aliphatic heterocycles. The van der Waals surface area contributed by atoms with E-state index in [2.05, 4.69) is 9.55 Å². The zero-order chi connectivity index (χ0) is 18.5. The second-order valence-electron chi connectivity index (χ2n) is 5.86. The minimum atomic E-state index is 0.405. The van der Waals surface area contributed by atoms with Crippen molar-refractivity contribution >= 4 is 17.2 Å². The molecular weight excluding hydrogens is 346 g/mol. The van der Waals surface area contributed by atoms with E-state index >= 15 is 0 Å². The van der Waals surface area contributed by atoms with Gasteiger partial charge >= 0.3 is 0 Å². The minimum Gasteiger partial charge on any atom is -0.493 e. The summed E-state index contributed by atoms with van der Waals surface area (Å²) in [5.41, 5.74) is 8.91.